The van der Waals surface area contributed by atoms with Gasteiger partial charge in [-0.1, -0.05) is 26.1 Å². The monoisotopic (exact) mass is 272 g/mol. The van der Waals surface area contributed by atoms with E-state index >= 15 is 0 Å². The Labute approximate surface area is 115 Å². The highest BCUT2D eigenvalue weighted by Crippen LogP contribution is 2.31. The van der Waals surface area contributed by atoms with E-state index in [2.05, 4.69) is 0 Å². The molecule has 2 N–H and O–H groups in total. The van der Waals surface area contributed by atoms with Gasteiger partial charge in [0, 0.05) is 26.3 Å². The normalized spacial score (nSPS) is 17.5. The molecule has 18 heavy (non-hydrogen) atoms. The third-order valence-electron chi connectivity index (χ3n) is 4.15. The number of hydrogen-bond donors (Lipinski definition) is 1. The van der Waals surface area contributed by atoms with Crippen molar-refractivity contribution in [2.75, 3.05) is 20.3 Å². The van der Waals surface area contributed by atoms with Crippen LogP contribution in [-0.2, 0) is 9.53 Å². The summed E-state index contributed by atoms with van der Waals surface area (Å²) in [6.45, 7) is 5.39. The van der Waals surface area contributed by atoms with Crippen LogP contribution in [-0.4, -0.2) is 42.1 Å². The number of amides is 1. The predicted octanol–water partition coefficient (Wildman–Crippen LogP) is 1.72. The Morgan fingerprint density at radius 2 is 1.89 bits per heavy atom. The Morgan fingerprint density at radius 3 is 2.28 bits per heavy atom. The molecule has 0 aromatic carbocycles. The summed E-state index contributed by atoms with van der Waals surface area (Å²) in [6, 6.07) is 0.248. The van der Waals surface area contributed by atoms with Crippen LogP contribution in [0.15, 0.2) is 0 Å². The van der Waals surface area contributed by atoms with Crippen molar-refractivity contribution >= 4 is 23.1 Å². The van der Waals surface area contributed by atoms with Crippen molar-refractivity contribution in [3.05, 3.63) is 0 Å². The molecule has 0 spiro atoms. The molecule has 1 saturated heterocycles. The first-order valence-corrected chi connectivity index (χ1v) is 7.05. The van der Waals surface area contributed by atoms with Gasteiger partial charge in [0.1, 0.15) is 0 Å². The maximum Gasteiger partial charge on any atom is 0.235 e. The molecule has 1 aliphatic rings. The molecule has 0 bridgehead atoms. The van der Waals surface area contributed by atoms with E-state index in [4.69, 9.17) is 22.7 Å². The molecule has 0 aromatic heterocycles. The Bertz CT molecular complexity index is 310. The lowest BCUT2D eigenvalue weighted by molar-refractivity contribution is -0.141. The van der Waals surface area contributed by atoms with Crippen molar-refractivity contribution in [1.82, 2.24) is 4.90 Å². The van der Waals surface area contributed by atoms with Crippen LogP contribution in [0.3, 0.4) is 0 Å². The van der Waals surface area contributed by atoms with Gasteiger partial charge < -0.3 is 15.4 Å². The van der Waals surface area contributed by atoms with Gasteiger partial charge in [0.05, 0.1) is 10.4 Å². The zero-order valence-electron chi connectivity index (χ0n) is 11.6. The first-order chi connectivity index (χ1) is 8.49. The molecule has 5 heteroatoms. The summed E-state index contributed by atoms with van der Waals surface area (Å²) in [7, 11) is 1.86. The summed E-state index contributed by atoms with van der Waals surface area (Å²) in [5.74, 6) is 0.0619. The quantitative estimate of drug-likeness (QED) is 0.774. The number of hydrogen-bond acceptors (Lipinski definition) is 3. The standard InChI is InChI=1S/C13H24N2O2S/c1-4-13(5-2,11(14)18)12(16)15(3)10-6-8-17-9-7-10/h10H,4-9H2,1-3H3,(H2,14,18). The van der Waals surface area contributed by atoms with Crippen LogP contribution in [0.5, 0.6) is 0 Å². The molecule has 1 heterocycles. The second-order valence-electron chi connectivity index (χ2n) is 4.91. The van der Waals surface area contributed by atoms with E-state index in [0.29, 0.717) is 17.8 Å². The molecule has 0 saturated carbocycles. The third-order valence-corrected chi connectivity index (χ3v) is 4.54. The van der Waals surface area contributed by atoms with Crippen LogP contribution in [0.1, 0.15) is 39.5 Å². The van der Waals surface area contributed by atoms with Gasteiger partial charge in [0.15, 0.2) is 0 Å². The Balaban J connectivity index is 2.85. The molecule has 1 rings (SSSR count). The summed E-state index contributed by atoms with van der Waals surface area (Å²) in [4.78, 5) is 14.8. The van der Waals surface area contributed by atoms with Crippen LogP contribution < -0.4 is 5.73 Å². The summed E-state index contributed by atoms with van der Waals surface area (Å²) < 4.78 is 5.33. The Hall–Kier alpha value is -0.680. The Kier molecular flexibility index (Phi) is 5.53. The van der Waals surface area contributed by atoms with Gasteiger partial charge in [-0.2, -0.15) is 0 Å². The minimum atomic E-state index is -0.678. The highest BCUT2D eigenvalue weighted by Gasteiger charge is 2.41. The lowest BCUT2D eigenvalue weighted by Crippen LogP contribution is -2.52. The average molecular weight is 272 g/mol. The second-order valence-corrected chi connectivity index (χ2v) is 5.35. The zero-order valence-corrected chi connectivity index (χ0v) is 12.4. The lowest BCUT2D eigenvalue weighted by atomic mass is 9.80. The first-order valence-electron chi connectivity index (χ1n) is 6.64. The fraction of sp³-hybridized carbons (Fsp3) is 0.846. The van der Waals surface area contributed by atoms with E-state index in [1.165, 1.54) is 0 Å². The molecular formula is C13H24N2O2S. The molecule has 0 atom stereocenters. The van der Waals surface area contributed by atoms with Crippen molar-refractivity contribution in [2.45, 2.75) is 45.6 Å². The summed E-state index contributed by atoms with van der Waals surface area (Å²) >= 11 is 5.13. The van der Waals surface area contributed by atoms with Crippen LogP contribution in [0.4, 0.5) is 0 Å². The number of thiocarbonyl (C=S) groups is 1. The van der Waals surface area contributed by atoms with Gasteiger partial charge in [-0.3, -0.25) is 4.79 Å². The smallest absolute Gasteiger partial charge is 0.235 e. The van der Waals surface area contributed by atoms with Crippen LogP contribution in [0.25, 0.3) is 0 Å². The fourth-order valence-corrected chi connectivity index (χ4v) is 2.96. The largest absolute Gasteiger partial charge is 0.392 e. The average Bonchev–Trinajstić information content (AvgIpc) is 2.40. The van der Waals surface area contributed by atoms with Gasteiger partial charge in [-0.05, 0) is 25.7 Å². The van der Waals surface area contributed by atoms with Crippen molar-refractivity contribution in [1.29, 1.82) is 0 Å². The van der Waals surface area contributed by atoms with Crippen molar-refractivity contribution in [2.24, 2.45) is 11.1 Å². The lowest BCUT2D eigenvalue weighted by Gasteiger charge is -2.38. The van der Waals surface area contributed by atoms with Crippen LogP contribution in [0, 0.1) is 5.41 Å². The number of nitrogens with two attached hydrogens (primary N) is 1. The van der Waals surface area contributed by atoms with Gasteiger partial charge in [-0.15, -0.1) is 0 Å². The van der Waals surface area contributed by atoms with E-state index < -0.39 is 5.41 Å². The molecule has 104 valence electrons. The second kappa shape index (κ2) is 6.48. The molecular weight excluding hydrogens is 248 g/mol. The topological polar surface area (TPSA) is 55.6 Å². The van der Waals surface area contributed by atoms with Gasteiger partial charge in [0.2, 0.25) is 5.91 Å². The van der Waals surface area contributed by atoms with Gasteiger partial charge in [-0.25, -0.2) is 0 Å². The van der Waals surface area contributed by atoms with Crippen molar-refractivity contribution in [3.8, 4) is 0 Å². The summed E-state index contributed by atoms with van der Waals surface area (Å²) in [6.07, 6.45) is 3.10. The third kappa shape index (κ3) is 2.83. The number of carbonyl (C=O) groups is 1. The zero-order chi connectivity index (χ0) is 13.8. The number of nitrogens with zero attached hydrogens (tertiary/aromatic N) is 1. The molecule has 1 amide bonds. The summed E-state index contributed by atoms with van der Waals surface area (Å²) in [5.41, 5.74) is 5.14. The maximum absolute atomic E-state index is 12.7. The van der Waals surface area contributed by atoms with E-state index in [1.54, 1.807) is 0 Å². The number of carbonyl (C=O) groups excluding carboxylic acids is 1. The number of ether oxygens (including phenoxy) is 1. The van der Waals surface area contributed by atoms with Crippen molar-refractivity contribution in [3.63, 3.8) is 0 Å². The minimum Gasteiger partial charge on any atom is -0.392 e. The van der Waals surface area contributed by atoms with Gasteiger partial charge in [0.25, 0.3) is 0 Å². The fourth-order valence-electron chi connectivity index (χ4n) is 2.58. The highest BCUT2D eigenvalue weighted by molar-refractivity contribution is 7.80. The first kappa shape index (κ1) is 15.4. The molecule has 1 fully saturated rings. The predicted molar refractivity (Wildman–Crippen MR) is 76.4 cm³/mol. The van der Waals surface area contributed by atoms with Gasteiger partial charge >= 0.3 is 0 Å². The van der Waals surface area contributed by atoms with E-state index in [1.807, 2.05) is 25.8 Å². The highest BCUT2D eigenvalue weighted by atomic mass is 32.1. The molecule has 4 nitrogen and oxygen atoms in total. The minimum absolute atomic E-state index is 0.0619. The molecule has 0 radical (unpaired) electrons. The van der Waals surface area contributed by atoms with E-state index in [-0.39, 0.29) is 11.9 Å². The summed E-state index contributed by atoms with van der Waals surface area (Å²) in [5, 5.41) is 0. The van der Waals surface area contributed by atoms with E-state index in [0.717, 1.165) is 26.1 Å². The number of rotatable bonds is 5. The Morgan fingerprint density at radius 1 is 1.39 bits per heavy atom. The molecule has 0 unspecified atom stereocenters. The van der Waals surface area contributed by atoms with Crippen LogP contribution >= 0.6 is 12.2 Å². The maximum atomic E-state index is 12.7. The SMILES string of the molecule is CCC(CC)(C(=O)N(C)C1CCOCC1)C(N)=S. The van der Waals surface area contributed by atoms with Crippen LogP contribution in [0.2, 0.25) is 0 Å². The van der Waals surface area contributed by atoms with Crippen molar-refractivity contribution < 1.29 is 9.53 Å². The molecule has 0 aliphatic carbocycles. The van der Waals surface area contributed by atoms with E-state index in [9.17, 15) is 4.79 Å². The molecule has 1 aliphatic heterocycles. The molecule has 0 aromatic rings.